The minimum atomic E-state index is -3.92. The van der Waals surface area contributed by atoms with E-state index in [9.17, 15) is 23.4 Å². The monoisotopic (exact) mass is 615 g/mol. The lowest BCUT2D eigenvalue weighted by atomic mass is 9.41. The van der Waals surface area contributed by atoms with Crippen LogP contribution in [0.2, 0.25) is 0 Å². The van der Waals surface area contributed by atoms with E-state index in [0.29, 0.717) is 36.0 Å². The third kappa shape index (κ3) is 5.85. The summed E-state index contributed by atoms with van der Waals surface area (Å²) in [6, 6.07) is 6.80. The maximum atomic E-state index is 13.1. The summed E-state index contributed by atoms with van der Waals surface area (Å²) < 4.78 is 28.3. The molecule has 0 saturated heterocycles. The molecule has 0 spiro atoms. The van der Waals surface area contributed by atoms with E-state index < -0.39 is 21.8 Å². The Hall–Kier alpha value is -1.44. The van der Waals surface area contributed by atoms with Crippen molar-refractivity contribution in [1.29, 1.82) is 0 Å². The SMILES string of the molecule is CC[C@H]1[C@@H](O)[C@@H]2[C@H](CC[C@]3(C)[C@@H](CC[C@@H](C)C(=O)NS(=O)(=O)c4ccc(C(C)(C)C)cc4)CC[C@@H]23)[C@@]2(C)CC[C@@H](O)C[C@@H]12. The molecule has 1 aromatic rings. The van der Waals surface area contributed by atoms with E-state index in [2.05, 4.69) is 46.3 Å². The standard InChI is InChI=1S/C36H57NO5S/c1-8-27-30-21-25(38)17-19-36(30,7)29-18-20-35(6)24(13-16-28(35)31(29)32(27)39)10-9-22(2)33(40)37-43(41,42)26-14-11-23(12-15-26)34(3,4)5/h11-12,14-15,22,24-25,27-32,38-39H,8-10,13,16-21H2,1-7H3,(H,37,40)/t22-,24+,25-,27-,28+,29+,30+,31+,32-,35-,36-/m1/s1. The summed E-state index contributed by atoms with van der Waals surface area (Å²) in [6.07, 6.45) is 9.26. The average Bonchev–Trinajstić information content (AvgIpc) is 3.28. The van der Waals surface area contributed by atoms with Gasteiger partial charge in [0.25, 0.3) is 10.0 Å². The van der Waals surface area contributed by atoms with E-state index in [1.807, 2.05) is 19.1 Å². The highest BCUT2D eigenvalue weighted by Gasteiger charge is 2.64. The highest BCUT2D eigenvalue weighted by atomic mass is 32.2. The van der Waals surface area contributed by atoms with Crippen LogP contribution in [0.25, 0.3) is 0 Å². The van der Waals surface area contributed by atoms with Crippen molar-refractivity contribution in [1.82, 2.24) is 4.72 Å². The van der Waals surface area contributed by atoms with Crippen LogP contribution in [0.4, 0.5) is 0 Å². The number of sulfonamides is 1. The first-order chi connectivity index (χ1) is 20.0. The molecular formula is C36H57NO5S. The summed E-state index contributed by atoms with van der Waals surface area (Å²) in [5.74, 6) is 1.57. The van der Waals surface area contributed by atoms with Crippen LogP contribution in [0.1, 0.15) is 118 Å². The number of hydrogen-bond donors (Lipinski definition) is 3. The van der Waals surface area contributed by atoms with Gasteiger partial charge in [-0.1, -0.05) is 67.0 Å². The van der Waals surface area contributed by atoms with Crippen molar-refractivity contribution in [2.45, 2.75) is 135 Å². The van der Waals surface area contributed by atoms with E-state index in [1.165, 1.54) is 0 Å². The zero-order chi connectivity index (χ0) is 31.5. The minimum absolute atomic E-state index is 0.0816. The molecule has 0 unspecified atom stereocenters. The quantitative estimate of drug-likeness (QED) is 0.312. The number of benzene rings is 1. The predicted molar refractivity (Wildman–Crippen MR) is 171 cm³/mol. The first-order valence-corrected chi connectivity index (χ1v) is 18.5. The molecule has 4 aliphatic carbocycles. The molecule has 0 aliphatic heterocycles. The molecule has 7 heteroatoms. The van der Waals surface area contributed by atoms with Gasteiger partial charge in [0.2, 0.25) is 5.91 Å². The van der Waals surface area contributed by atoms with Gasteiger partial charge in [-0.05, 0) is 127 Å². The Kier molecular flexibility index (Phi) is 8.99. The van der Waals surface area contributed by atoms with Crippen LogP contribution in [0.5, 0.6) is 0 Å². The fraction of sp³-hybridized carbons (Fsp3) is 0.806. The topological polar surface area (TPSA) is 104 Å². The molecule has 0 heterocycles. The Morgan fingerprint density at radius 2 is 1.60 bits per heavy atom. The third-order valence-corrected chi connectivity index (χ3v) is 14.6. The van der Waals surface area contributed by atoms with Crippen LogP contribution < -0.4 is 4.72 Å². The van der Waals surface area contributed by atoms with Crippen molar-refractivity contribution in [3.05, 3.63) is 29.8 Å². The fourth-order valence-electron chi connectivity index (χ4n) is 10.5. The van der Waals surface area contributed by atoms with E-state index in [0.717, 1.165) is 63.4 Å². The van der Waals surface area contributed by atoms with E-state index in [1.54, 1.807) is 12.1 Å². The van der Waals surface area contributed by atoms with Gasteiger partial charge in [0.15, 0.2) is 0 Å². The largest absolute Gasteiger partial charge is 0.393 e. The third-order valence-electron chi connectivity index (χ3n) is 13.2. The Morgan fingerprint density at radius 3 is 2.23 bits per heavy atom. The van der Waals surface area contributed by atoms with Crippen LogP contribution in [-0.2, 0) is 20.2 Å². The Bertz CT molecular complexity index is 1270. The summed E-state index contributed by atoms with van der Waals surface area (Å²) >= 11 is 0. The number of aliphatic hydroxyl groups is 2. The number of nitrogens with one attached hydrogen (secondary N) is 1. The summed E-state index contributed by atoms with van der Waals surface area (Å²) in [5, 5.41) is 22.4. The predicted octanol–water partition coefficient (Wildman–Crippen LogP) is 6.83. The second kappa shape index (κ2) is 11.7. The Labute approximate surface area is 260 Å². The van der Waals surface area contributed by atoms with Crippen molar-refractivity contribution in [3.63, 3.8) is 0 Å². The molecule has 1 amide bonds. The van der Waals surface area contributed by atoms with Gasteiger partial charge in [-0.2, -0.15) is 0 Å². The van der Waals surface area contributed by atoms with Crippen molar-refractivity contribution in [2.24, 2.45) is 52.3 Å². The lowest BCUT2D eigenvalue weighted by Gasteiger charge is -2.64. The van der Waals surface area contributed by atoms with Gasteiger partial charge < -0.3 is 10.2 Å². The van der Waals surface area contributed by atoms with E-state index >= 15 is 0 Å². The molecule has 0 bridgehead atoms. The highest BCUT2D eigenvalue weighted by Crippen LogP contribution is 2.69. The van der Waals surface area contributed by atoms with Crippen molar-refractivity contribution < 1.29 is 23.4 Å². The molecule has 3 N–H and O–H groups in total. The first-order valence-electron chi connectivity index (χ1n) is 17.1. The molecule has 242 valence electrons. The van der Waals surface area contributed by atoms with E-state index in [4.69, 9.17) is 0 Å². The molecule has 0 radical (unpaired) electrons. The smallest absolute Gasteiger partial charge is 0.264 e. The Balaban J connectivity index is 1.23. The number of hydrogen-bond acceptors (Lipinski definition) is 5. The number of fused-ring (bicyclic) bond motifs is 5. The van der Waals surface area contributed by atoms with Gasteiger partial charge in [-0.15, -0.1) is 0 Å². The van der Waals surface area contributed by atoms with Gasteiger partial charge in [0, 0.05) is 5.92 Å². The maximum Gasteiger partial charge on any atom is 0.264 e. The average molecular weight is 616 g/mol. The molecule has 11 atom stereocenters. The van der Waals surface area contributed by atoms with Crippen LogP contribution in [0, 0.1) is 52.3 Å². The minimum Gasteiger partial charge on any atom is -0.393 e. The number of rotatable bonds is 7. The molecule has 5 rings (SSSR count). The molecule has 4 fully saturated rings. The van der Waals surface area contributed by atoms with Gasteiger partial charge >= 0.3 is 0 Å². The Morgan fingerprint density at radius 1 is 0.977 bits per heavy atom. The second-order valence-corrected chi connectivity index (χ2v) is 18.1. The summed E-state index contributed by atoms with van der Waals surface area (Å²) in [4.78, 5) is 13.2. The van der Waals surface area contributed by atoms with Crippen molar-refractivity contribution >= 4 is 15.9 Å². The zero-order valence-corrected chi connectivity index (χ0v) is 28.4. The summed E-state index contributed by atoms with van der Waals surface area (Å²) in [5.41, 5.74) is 1.28. The first kappa shape index (κ1) is 32.9. The molecular weight excluding hydrogens is 558 g/mol. The van der Waals surface area contributed by atoms with Gasteiger partial charge in [0.05, 0.1) is 17.1 Å². The molecule has 4 aliphatic rings. The fourth-order valence-corrected chi connectivity index (χ4v) is 11.6. The van der Waals surface area contributed by atoms with Crippen molar-refractivity contribution in [2.75, 3.05) is 0 Å². The lowest BCUT2D eigenvalue weighted by Crippen LogP contribution is -2.62. The van der Waals surface area contributed by atoms with Gasteiger partial charge in [0.1, 0.15) is 0 Å². The van der Waals surface area contributed by atoms with E-state index in [-0.39, 0.29) is 39.3 Å². The van der Waals surface area contributed by atoms with Gasteiger partial charge in [-0.3, -0.25) is 4.79 Å². The van der Waals surface area contributed by atoms with Gasteiger partial charge in [-0.25, -0.2) is 13.1 Å². The highest BCUT2D eigenvalue weighted by molar-refractivity contribution is 7.90. The lowest BCUT2D eigenvalue weighted by molar-refractivity contribution is -0.202. The zero-order valence-electron chi connectivity index (χ0n) is 27.6. The molecule has 43 heavy (non-hydrogen) atoms. The van der Waals surface area contributed by atoms with Crippen LogP contribution in [0.3, 0.4) is 0 Å². The summed E-state index contributed by atoms with van der Waals surface area (Å²) in [6.45, 7) is 15.2. The summed E-state index contributed by atoms with van der Waals surface area (Å²) in [7, 11) is -3.92. The van der Waals surface area contributed by atoms with Crippen LogP contribution >= 0.6 is 0 Å². The molecule has 0 aromatic heterocycles. The molecule has 6 nitrogen and oxygen atoms in total. The maximum absolute atomic E-state index is 13.1. The van der Waals surface area contributed by atoms with Crippen LogP contribution in [-0.4, -0.2) is 36.7 Å². The van der Waals surface area contributed by atoms with Crippen LogP contribution in [0.15, 0.2) is 29.2 Å². The normalized spacial score (nSPS) is 40.2. The number of carbonyl (C=O) groups excluding carboxylic acids is 1. The number of amides is 1. The number of aliphatic hydroxyl groups excluding tert-OH is 2. The van der Waals surface area contributed by atoms with Crippen molar-refractivity contribution in [3.8, 4) is 0 Å². The second-order valence-electron chi connectivity index (χ2n) is 16.4. The number of carbonyl (C=O) groups is 1. The molecule has 4 saturated carbocycles. The molecule has 1 aromatic carbocycles.